The van der Waals surface area contributed by atoms with Crippen molar-refractivity contribution in [1.82, 2.24) is 15.5 Å². The second-order valence-corrected chi connectivity index (χ2v) is 6.13. The van der Waals surface area contributed by atoms with Gasteiger partial charge in [-0.05, 0) is 24.8 Å². The van der Waals surface area contributed by atoms with Crippen molar-refractivity contribution in [3.63, 3.8) is 0 Å². The van der Waals surface area contributed by atoms with E-state index >= 15 is 0 Å². The third-order valence-electron chi connectivity index (χ3n) is 4.20. The van der Waals surface area contributed by atoms with Gasteiger partial charge in [0, 0.05) is 38.4 Å². The molecule has 24 heavy (non-hydrogen) atoms. The molecule has 2 N–H and O–H groups in total. The molecule has 0 aromatic heterocycles. The first-order valence-corrected chi connectivity index (χ1v) is 8.63. The van der Waals surface area contributed by atoms with Crippen LogP contribution in [0.25, 0.3) is 0 Å². The van der Waals surface area contributed by atoms with Crippen LogP contribution in [0.4, 0.5) is 0 Å². The summed E-state index contributed by atoms with van der Waals surface area (Å²) in [5, 5.41) is 15.1. The molecule has 1 aliphatic heterocycles. The number of nitrogens with zero attached hydrogens (tertiary/aromatic N) is 2. The second kappa shape index (κ2) is 9.74. The SMILES string of the molecule is CCCNC(=O)/C(C#N)=C\NC1CCN(Cc2ccccc2)CC1. The van der Waals surface area contributed by atoms with Gasteiger partial charge in [-0.25, -0.2) is 0 Å². The van der Waals surface area contributed by atoms with Crippen LogP contribution < -0.4 is 10.6 Å². The van der Waals surface area contributed by atoms with E-state index in [0.29, 0.717) is 12.6 Å². The quantitative estimate of drug-likeness (QED) is 0.595. The molecule has 1 aromatic carbocycles. The lowest BCUT2D eigenvalue weighted by Crippen LogP contribution is -2.40. The molecule has 0 atom stereocenters. The molecule has 1 amide bonds. The number of piperidine rings is 1. The van der Waals surface area contributed by atoms with E-state index in [1.807, 2.05) is 19.1 Å². The Kier molecular flexibility index (Phi) is 7.31. The Hall–Kier alpha value is -2.32. The fourth-order valence-corrected chi connectivity index (χ4v) is 2.78. The van der Waals surface area contributed by atoms with E-state index in [9.17, 15) is 4.79 Å². The number of carbonyl (C=O) groups excluding carboxylic acids is 1. The topological polar surface area (TPSA) is 68.2 Å². The lowest BCUT2D eigenvalue weighted by Gasteiger charge is -2.32. The van der Waals surface area contributed by atoms with Crippen LogP contribution in [0.2, 0.25) is 0 Å². The smallest absolute Gasteiger partial charge is 0.263 e. The van der Waals surface area contributed by atoms with E-state index in [4.69, 9.17) is 5.26 Å². The van der Waals surface area contributed by atoms with Crippen molar-refractivity contribution in [2.75, 3.05) is 19.6 Å². The number of benzene rings is 1. The molecular weight excluding hydrogens is 300 g/mol. The lowest BCUT2D eigenvalue weighted by atomic mass is 10.0. The zero-order valence-electron chi connectivity index (χ0n) is 14.3. The van der Waals surface area contributed by atoms with Gasteiger partial charge in [0.15, 0.2) is 0 Å². The molecule has 5 nitrogen and oxygen atoms in total. The molecule has 1 saturated heterocycles. The first-order valence-electron chi connectivity index (χ1n) is 8.63. The van der Waals surface area contributed by atoms with E-state index in [1.54, 1.807) is 6.20 Å². The number of likely N-dealkylation sites (tertiary alicyclic amines) is 1. The van der Waals surface area contributed by atoms with Crippen molar-refractivity contribution in [1.29, 1.82) is 5.26 Å². The average molecular weight is 326 g/mol. The highest BCUT2D eigenvalue weighted by molar-refractivity contribution is 5.97. The standard InChI is InChI=1S/C19H26N4O/c1-2-10-21-19(24)17(13-20)14-22-18-8-11-23(12-9-18)15-16-6-4-3-5-7-16/h3-7,14,18,22H,2,8-12,15H2,1H3,(H,21,24)/b17-14-. The van der Waals surface area contributed by atoms with Gasteiger partial charge in [0.05, 0.1) is 0 Å². The predicted molar refractivity (Wildman–Crippen MR) is 94.9 cm³/mol. The first-order chi connectivity index (χ1) is 11.7. The summed E-state index contributed by atoms with van der Waals surface area (Å²) in [5.41, 5.74) is 1.48. The molecule has 128 valence electrons. The van der Waals surface area contributed by atoms with E-state index < -0.39 is 0 Å². The number of hydrogen-bond acceptors (Lipinski definition) is 4. The Labute approximate surface area is 144 Å². The molecule has 0 aliphatic carbocycles. The van der Waals surface area contributed by atoms with Gasteiger partial charge in [-0.2, -0.15) is 5.26 Å². The van der Waals surface area contributed by atoms with Crippen LogP contribution in [0.1, 0.15) is 31.7 Å². The monoisotopic (exact) mass is 326 g/mol. The summed E-state index contributed by atoms with van der Waals surface area (Å²) in [6, 6.07) is 12.8. The van der Waals surface area contributed by atoms with Gasteiger partial charge >= 0.3 is 0 Å². The highest BCUT2D eigenvalue weighted by atomic mass is 16.1. The van der Waals surface area contributed by atoms with Gasteiger partial charge in [-0.15, -0.1) is 0 Å². The van der Waals surface area contributed by atoms with Gasteiger partial charge in [0.2, 0.25) is 0 Å². The molecule has 1 fully saturated rings. The predicted octanol–water partition coefficient (Wildman–Crippen LogP) is 2.17. The fraction of sp³-hybridized carbons (Fsp3) is 0.474. The molecule has 1 aliphatic rings. The van der Waals surface area contributed by atoms with Crippen LogP contribution in [0.15, 0.2) is 42.1 Å². The van der Waals surface area contributed by atoms with Gasteiger partial charge in [0.25, 0.3) is 5.91 Å². The van der Waals surface area contributed by atoms with Crippen LogP contribution in [0.3, 0.4) is 0 Å². The van der Waals surface area contributed by atoms with Crippen molar-refractivity contribution in [3.05, 3.63) is 47.7 Å². The largest absolute Gasteiger partial charge is 0.387 e. The van der Waals surface area contributed by atoms with E-state index in [1.165, 1.54) is 5.56 Å². The normalized spacial score (nSPS) is 16.4. The number of rotatable bonds is 7. The number of nitriles is 1. The first kappa shape index (κ1) is 18.0. The van der Waals surface area contributed by atoms with Crippen LogP contribution in [0.5, 0.6) is 0 Å². The maximum atomic E-state index is 11.8. The van der Waals surface area contributed by atoms with Crippen LogP contribution in [0, 0.1) is 11.3 Å². The van der Waals surface area contributed by atoms with Gasteiger partial charge in [-0.3, -0.25) is 9.69 Å². The molecule has 0 radical (unpaired) electrons. The third-order valence-corrected chi connectivity index (χ3v) is 4.20. The Balaban J connectivity index is 1.77. The zero-order chi connectivity index (χ0) is 17.2. The molecular formula is C19H26N4O. The molecule has 0 bridgehead atoms. The van der Waals surface area contributed by atoms with Crippen molar-refractivity contribution in [3.8, 4) is 6.07 Å². The molecule has 0 spiro atoms. The van der Waals surface area contributed by atoms with E-state index in [2.05, 4.69) is 39.8 Å². The summed E-state index contributed by atoms with van der Waals surface area (Å²) in [6.07, 6.45) is 4.46. The maximum absolute atomic E-state index is 11.8. The fourth-order valence-electron chi connectivity index (χ4n) is 2.78. The minimum Gasteiger partial charge on any atom is -0.387 e. The number of amides is 1. The molecule has 5 heteroatoms. The number of carbonyl (C=O) groups is 1. The maximum Gasteiger partial charge on any atom is 0.263 e. The molecule has 1 aromatic rings. The van der Waals surface area contributed by atoms with E-state index in [0.717, 1.165) is 38.9 Å². The Morgan fingerprint density at radius 2 is 2.04 bits per heavy atom. The summed E-state index contributed by atoms with van der Waals surface area (Å²) in [7, 11) is 0. The summed E-state index contributed by atoms with van der Waals surface area (Å²) in [5.74, 6) is -0.298. The van der Waals surface area contributed by atoms with Crippen molar-refractivity contribution < 1.29 is 4.79 Å². The van der Waals surface area contributed by atoms with Crippen LogP contribution in [-0.4, -0.2) is 36.5 Å². The van der Waals surface area contributed by atoms with E-state index in [-0.39, 0.29) is 11.5 Å². The highest BCUT2D eigenvalue weighted by Crippen LogP contribution is 2.14. The molecule has 2 rings (SSSR count). The molecule has 0 saturated carbocycles. The second-order valence-electron chi connectivity index (χ2n) is 6.13. The summed E-state index contributed by atoms with van der Waals surface area (Å²) < 4.78 is 0. The van der Waals surface area contributed by atoms with Crippen molar-refractivity contribution in [2.24, 2.45) is 0 Å². The van der Waals surface area contributed by atoms with Crippen molar-refractivity contribution >= 4 is 5.91 Å². The minimum absolute atomic E-state index is 0.148. The molecule has 0 unspecified atom stereocenters. The Morgan fingerprint density at radius 3 is 2.67 bits per heavy atom. The number of hydrogen-bond donors (Lipinski definition) is 2. The van der Waals surface area contributed by atoms with Crippen LogP contribution in [-0.2, 0) is 11.3 Å². The van der Waals surface area contributed by atoms with Gasteiger partial charge in [-0.1, -0.05) is 37.3 Å². The van der Waals surface area contributed by atoms with Crippen LogP contribution >= 0.6 is 0 Å². The third kappa shape index (κ3) is 5.71. The zero-order valence-corrected chi connectivity index (χ0v) is 14.3. The van der Waals surface area contributed by atoms with Gasteiger partial charge < -0.3 is 10.6 Å². The highest BCUT2D eigenvalue weighted by Gasteiger charge is 2.18. The summed E-state index contributed by atoms with van der Waals surface area (Å²) in [4.78, 5) is 14.3. The van der Waals surface area contributed by atoms with Crippen molar-refractivity contribution in [2.45, 2.75) is 38.8 Å². The minimum atomic E-state index is -0.298. The summed E-state index contributed by atoms with van der Waals surface area (Å²) >= 11 is 0. The Bertz CT molecular complexity index is 583. The van der Waals surface area contributed by atoms with Gasteiger partial charge in [0.1, 0.15) is 11.6 Å². The summed E-state index contributed by atoms with van der Waals surface area (Å²) in [6.45, 7) is 5.59. The Morgan fingerprint density at radius 1 is 1.33 bits per heavy atom. The lowest BCUT2D eigenvalue weighted by molar-refractivity contribution is -0.117. The average Bonchev–Trinajstić information content (AvgIpc) is 2.62. The number of nitrogens with one attached hydrogen (secondary N) is 2. The molecule has 1 heterocycles.